The number of benzene rings is 3. The number of nitrogens with one attached hydrogen (secondary N) is 2. The Kier molecular flexibility index (Phi) is 6.97. The molecule has 3 aromatic carbocycles. The zero-order valence-electron chi connectivity index (χ0n) is 18.4. The highest BCUT2D eigenvalue weighted by atomic mass is 16.2. The van der Waals surface area contributed by atoms with Crippen LogP contribution in [-0.4, -0.2) is 35.8 Å². The predicted octanol–water partition coefficient (Wildman–Crippen LogP) is 4.64. The third-order valence-corrected chi connectivity index (χ3v) is 5.85. The minimum atomic E-state index is -0.166. The summed E-state index contributed by atoms with van der Waals surface area (Å²) in [4.78, 5) is 27.4. The van der Waals surface area contributed by atoms with Gasteiger partial charge >= 0.3 is 0 Å². The highest BCUT2D eigenvalue weighted by Crippen LogP contribution is 2.16. The van der Waals surface area contributed by atoms with E-state index in [-0.39, 0.29) is 17.9 Å². The molecule has 0 spiro atoms. The van der Waals surface area contributed by atoms with Crippen molar-refractivity contribution in [2.24, 2.45) is 0 Å². The first-order valence-corrected chi connectivity index (χ1v) is 11.1. The Morgan fingerprint density at radius 2 is 1.53 bits per heavy atom. The average Bonchev–Trinajstić information content (AvgIpc) is 2.81. The molecule has 0 radical (unpaired) electrons. The summed E-state index contributed by atoms with van der Waals surface area (Å²) in [5.41, 5.74) is 4.50. The number of aryl methyl sites for hydroxylation is 1. The molecule has 164 valence electrons. The fourth-order valence-electron chi connectivity index (χ4n) is 4.07. The Hall–Kier alpha value is -3.44. The Balaban J connectivity index is 1.25. The van der Waals surface area contributed by atoms with E-state index in [2.05, 4.69) is 46.7 Å². The summed E-state index contributed by atoms with van der Waals surface area (Å²) in [5.74, 6) is -0.233. The first-order chi connectivity index (χ1) is 15.6. The number of anilines is 1. The van der Waals surface area contributed by atoms with Crippen molar-refractivity contribution in [1.82, 2.24) is 10.2 Å². The van der Waals surface area contributed by atoms with Crippen LogP contribution in [0.1, 0.15) is 44.7 Å². The average molecular weight is 428 g/mol. The van der Waals surface area contributed by atoms with Crippen molar-refractivity contribution < 1.29 is 9.59 Å². The van der Waals surface area contributed by atoms with Crippen LogP contribution in [0.5, 0.6) is 0 Å². The molecular formula is C27H29N3O2. The number of amides is 2. The molecule has 0 saturated carbocycles. The summed E-state index contributed by atoms with van der Waals surface area (Å²) in [7, 11) is 0. The van der Waals surface area contributed by atoms with E-state index >= 15 is 0 Å². The van der Waals surface area contributed by atoms with Gasteiger partial charge in [0.25, 0.3) is 11.8 Å². The predicted molar refractivity (Wildman–Crippen MR) is 128 cm³/mol. The van der Waals surface area contributed by atoms with Crippen molar-refractivity contribution in [3.8, 4) is 0 Å². The molecule has 0 bridgehead atoms. The number of carbonyl (C=O) groups excluding carboxylic acids is 2. The van der Waals surface area contributed by atoms with Crippen LogP contribution < -0.4 is 10.6 Å². The molecular weight excluding hydrogens is 398 g/mol. The second kappa shape index (κ2) is 10.2. The van der Waals surface area contributed by atoms with Crippen LogP contribution in [0.3, 0.4) is 0 Å². The summed E-state index contributed by atoms with van der Waals surface area (Å²) in [6.45, 7) is 5.03. The Bertz CT molecular complexity index is 1060. The van der Waals surface area contributed by atoms with E-state index in [0.29, 0.717) is 16.8 Å². The third kappa shape index (κ3) is 5.83. The highest BCUT2D eigenvalue weighted by molar-refractivity contribution is 6.04. The van der Waals surface area contributed by atoms with Gasteiger partial charge in [-0.1, -0.05) is 48.0 Å². The summed E-state index contributed by atoms with van der Waals surface area (Å²) >= 11 is 0. The van der Waals surface area contributed by atoms with Gasteiger partial charge in [0.2, 0.25) is 0 Å². The Labute approximate surface area is 189 Å². The molecule has 32 heavy (non-hydrogen) atoms. The van der Waals surface area contributed by atoms with Crippen molar-refractivity contribution >= 4 is 17.5 Å². The number of piperidine rings is 1. The number of likely N-dealkylation sites (tertiary alicyclic amines) is 1. The van der Waals surface area contributed by atoms with Crippen molar-refractivity contribution in [3.63, 3.8) is 0 Å². The van der Waals surface area contributed by atoms with Gasteiger partial charge in [-0.05, 0) is 61.7 Å². The lowest BCUT2D eigenvalue weighted by molar-refractivity contribution is 0.0908. The van der Waals surface area contributed by atoms with Gasteiger partial charge in [0.15, 0.2) is 0 Å². The van der Waals surface area contributed by atoms with Crippen molar-refractivity contribution in [3.05, 3.63) is 101 Å². The van der Waals surface area contributed by atoms with Crippen molar-refractivity contribution in [2.75, 3.05) is 18.4 Å². The zero-order valence-corrected chi connectivity index (χ0v) is 18.4. The second-order valence-electron chi connectivity index (χ2n) is 8.41. The van der Waals surface area contributed by atoms with Crippen LogP contribution in [0, 0.1) is 6.92 Å². The largest absolute Gasteiger partial charge is 0.349 e. The molecule has 1 saturated heterocycles. The van der Waals surface area contributed by atoms with Gasteiger partial charge in [-0.25, -0.2) is 0 Å². The molecule has 3 aromatic rings. The monoisotopic (exact) mass is 427 g/mol. The van der Waals surface area contributed by atoms with Gasteiger partial charge in [-0.15, -0.1) is 0 Å². The Morgan fingerprint density at radius 3 is 2.22 bits per heavy atom. The molecule has 1 aliphatic heterocycles. The van der Waals surface area contributed by atoms with E-state index in [1.807, 2.05) is 18.2 Å². The maximum atomic E-state index is 12.7. The summed E-state index contributed by atoms with van der Waals surface area (Å²) in [6.07, 6.45) is 1.89. The molecule has 0 atom stereocenters. The molecule has 2 N–H and O–H groups in total. The van der Waals surface area contributed by atoms with Gasteiger partial charge in [0.05, 0.1) is 0 Å². The number of rotatable bonds is 6. The van der Waals surface area contributed by atoms with Gasteiger partial charge in [0, 0.05) is 42.5 Å². The molecule has 0 aliphatic carbocycles. The minimum Gasteiger partial charge on any atom is -0.349 e. The molecule has 0 unspecified atom stereocenters. The molecule has 2 amide bonds. The summed E-state index contributed by atoms with van der Waals surface area (Å²) < 4.78 is 0. The summed E-state index contributed by atoms with van der Waals surface area (Å²) in [5, 5.41) is 6.02. The molecule has 1 aliphatic rings. The highest BCUT2D eigenvalue weighted by Gasteiger charge is 2.21. The quantitative estimate of drug-likeness (QED) is 0.602. The first kappa shape index (κ1) is 21.8. The molecule has 5 heteroatoms. The topological polar surface area (TPSA) is 61.4 Å². The molecule has 1 fully saturated rings. The molecule has 5 nitrogen and oxygen atoms in total. The Morgan fingerprint density at radius 1 is 0.844 bits per heavy atom. The number of nitrogens with zero attached hydrogens (tertiary/aromatic N) is 1. The van der Waals surface area contributed by atoms with Gasteiger partial charge in [0.1, 0.15) is 0 Å². The molecule has 4 rings (SSSR count). The van der Waals surface area contributed by atoms with Crippen LogP contribution >= 0.6 is 0 Å². The fraction of sp³-hybridized carbons (Fsp3) is 0.259. The summed E-state index contributed by atoms with van der Waals surface area (Å²) in [6, 6.07) is 24.9. The molecule has 0 aromatic heterocycles. The lowest BCUT2D eigenvalue weighted by Gasteiger charge is -2.32. The number of carbonyl (C=O) groups is 2. The smallest absolute Gasteiger partial charge is 0.255 e. The standard InChI is InChI=1S/C27H29N3O2/c1-20-6-5-7-21(18-20)19-30-16-14-25(15-17-30)29-27(32)23-10-12-24(13-11-23)28-26(31)22-8-3-2-4-9-22/h2-13,18,25H,14-17,19H2,1H3,(H,28,31)(H,29,32). The maximum Gasteiger partial charge on any atom is 0.255 e. The fourth-order valence-corrected chi connectivity index (χ4v) is 4.07. The lowest BCUT2D eigenvalue weighted by Crippen LogP contribution is -2.44. The molecule has 1 heterocycles. The van der Waals surface area contributed by atoms with Gasteiger partial charge in [-0.2, -0.15) is 0 Å². The van der Waals surface area contributed by atoms with Crippen LogP contribution in [0.4, 0.5) is 5.69 Å². The van der Waals surface area contributed by atoms with Crippen molar-refractivity contribution in [2.45, 2.75) is 32.4 Å². The van der Waals surface area contributed by atoms with E-state index in [1.165, 1.54) is 11.1 Å². The van der Waals surface area contributed by atoms with Gasteiger partial charge in [-0.3, -0.25) is 14.5 Å². The van der Waals surface area contributed by atoms with Crippen molar-refractivity contribution in [1.29, 1.82) is 0 Å². The second-order valence-corrected chi connectivity index (χ2v) is 8.41. The SMILES string of the molecule is Cc1cccc(CN2CCC(NC(=O)c3ccc(NC(=O)c4ccccc4)cc3)CC2)c1. The lowest BCUT2D eigenvalue weighted by atomic mass is 10.0. The van der Waals surface area contributed by atoms with E-state index in [9.17, 15) is 9.59 Å². The van der Waals surface area contributed by atoms with E-state index < -0.39 is 0 Å². The number of hydrogen-bond donors (Lipinski definition) is 2. The zero-order chi connectivity index (χ0) is 22.3. The van der Waals surface area contributed by atoms with Crippen LogP contribution in [-0.2, 0) is 6.54 Å². The minimum absolute atomic E-state index is 0.0666. The maximum absolute atomic E-state index is 12.7. The third-order valence-electron chi connectivity index (χ3n) is 5.85. The normalized spacial score (nSPS) is 14.7. The first-order valence-electron chi connectivity index (χ1n) is 11.1. The number of hydrogen-bond acceptors (Lipinski definition) is 3. The van der Waals surface area contributed by atoms with Crippen LogP contribution in [0.15, 0.2) is 78.9 Å². The van der Waals surface area contributed by atoms with E-state index in [1.54, 1.807) is 36.4 Å². The van der Waals surface area contributed by atoms with E-state index in [4.69, 9.17) is 0 Å². The van der Waals surface area contributed by atoms with Crippen LogP contribution in [0.25, 0.3) is 0 Å². The van der Waals surface area contributed by atoms with E-state index in [0.717, 1.165) is 32.5 Å². The van der Waals surface area contributed by atoms with Crippen LogP contribution in [0.2, 0.25) is 0 Å². The van der Waals surface area contributed by atoms with Gasteiger partial charge < -0.3 is 10.6 Å².